The molecule has 2 aromatic heterocycles. The van der Waals surface area contributed by atoms with Crippen LogP contribution in [0.2, 0.25) is 0 Å². The van der Waals surface area contributed by atoms with Crippen LogP contribution in [0.15, 0.2) is 162 Å². The van der Waals surface area contributed by atoms with Gasteiger partial charge >= 0.3 is 0 Å². The van der Waals surface area contributed by atoms with E-state index in [1.54, 1.807) is 6.20 Å². The lowest BCUT2D eigenvalue weighted by Crippen LogP contribution is -2.09. The van der Waals surface area contributed by atoms with Crippen molar-refractivity contribution in [3.63, 3.8) is 0 Å². The Morgan fingerprint density at radius 1 is 0.432 bits per heavy atom. The molecule has 3 nitrogen and oxygen atoms in total. The molecule has 0 aliphatic carbocycles. The molecule has 0 amide bonds. The monoisotopic (exact) mass is 562 g/mol. The number of rotatable bonds is 4. The molecule has 0 aliphatic rings. The number of aromatic nitrogens is 1. The number of fused-ring (bicyclic) bond motifs is 8. The second-order valence-corrected chi connectivity index (χ2v) is 11.3. The quantitative estimate of drug-likeness (QED) is 0.200. The number of pyridine rings is 1. The Balaban J connectivity index is 1.25. The minimum absolute atomic E-state index is 0.843. The molecule has 0 fully saturated rings. The molecule has 0 radical (unpaired) electrons. The zero-order valence-corrected chi connectivity index (χ0v) is 23.8. The van der Waals surface area contributed by atoms with Crippen LogP contribution < -0.4 is 4.90 Å². The summed E-state index contributed by atoms with van der Waals surface area (Å²) in [6.07, 6.45) is 3.66. The molecule has 3 heteroatoms. The number of benzene rings is 7. The summed E-state index contributed by atoms with van der Waals surface area (Å²) in [5.74, 6) is 0. The summed E-state index contributed by atoms with van der Waals surface area (Å²) in [5, 5.41) is 9.61. The maximum Gasteiger partial charge on any atom is 0.138 e. The minimum Gasteiger partial charge on any atom is -0.456 e. The van der Waals surface area contributed by atoms with Gasteiger partial charge in [-0.25, -0.2) is 0 Å². The average Bonchev–Trinajstić information content (AvgIpc) is 3.47. The highest BCUT2D eigenvalue weighted by atomic mass is 16.3. The van der Waals surface area contributed by atoms with E-state index in [1.807, 2.05) is 12.3 Å². The van der Waals surface area contributed by atoms with E-state index in [2.05, 4.69) is 149 Å². The van der Waals surface area contributed by atoms with E-state index in [9.17, 15) is 0 Å². The van der Waals surface area contributed by atoms with Gasteiger partial charge in [0.1, 0.15) is 11.2 Å². The fourth-order valence-corrected chi connectivity index (χ4v) is 6.59. The van der Waals surface area contributed by atoms with Gasteiger partial charge in [0.05, 0.1) is 0 Å². The highest BCUT2D eigenvalue weighted by Gasteiger charge is 2.17. The topological polar surface area (TPSA) is 29.3 Å². The van der Waals surface area contributed by atoms with E-state index in [4.69, 9.17) is 4.42 Å². The van der Waals surface area contributed by atoms with Crippen LogP contribution in [0.5, 0.6) is 0 Å². The van der Waals surface area contributed by atoms with Gasteiger partial charge in [-0.1, -0.05) is 97.1 Å². The summed E-state index contributed by atoms with van der Waals surface area (Å²) < 4.78 is 6.14. The molecule has 0 atom stereocenters. The van der Waals surface area contributed by atoms with Gasteiger partial charge in [0.15, 0.2) is 0 Å². The SMILES string of the molecule is c1ccc(-c2ccc(N(c3ccc4c(ccc5ccc6ccccc6c54)c3)c3ccc4oc5ccncc5c4c3)cc2)cc1. The third kappa shape index (κ3) is 3.94. The van der Waals surface area contributed by atoms with E-state index in [-0.39, 0.29) is 0 Å². The Labute approximate surface area is 254 Å². The molecular weight excluding hydrogens is 536 g/mol. The van der Waals surface area contributed by atoms with E-state index in [0.29, 0.717) is 0 Å². The van der Waals surface area contributed by atoms with Crippen molar-refractivity contribution in [1.29, 1.82) is 0 Å². The second kappa shape index (κ2) is 9.82. The molecule has 7 aromatic carbocycles. The Bertz CT molecular complexity index is 2490. The first-order valence-electron chi connectivity index (χ1n) is 14.9. The molecule has 0 N–H and O–H groups in total. The molecule has 0 unspecified atom stereocenters. The Kier molecular flexibility index (Phi) is 5.50. The van der Waals surface area contributed by atoms with Crippen LogP contribution >= 0.6 is 0 Å². The minimum atomic E-state index is 0.843. The lowest BCUT2D eigenvalue weighted by molar-refractivity contribution is 0.668. The molecule has 2 heterocycles. The number of hydrogen-bond donors (Lipinski definition) is 0. The molecule has 0 saturated heterocycles. The maximum atomic E-state index is 6.14. The van der Waals surface area contributed by atoms with Crippen molar-refractivity contribution in [3.05, 3.63) is 158 Å². The summed E-state index contributed by atoms with van der Waals surface area (Å²) in [6.45, 7) is 0. The smallest absolute Gasteiger partial charge is 0.138 e. The van der Waals surface area contributed by atoms with Gasteiger partial charge in [-0.15, -0.1) is 0 Å². The molecule has 206 valence electrons. The average molecular weight is 563 g/mol. The van der Waals surface area contributed by atoms with Crippen molar-refractivity contribution in [2.24, 2.45) is 0 Å². The van der Waals surface area contributed by atoms with Crippen molar-refractivity contribution in [1.82, 2.24) is 4.98 Å². The molecule has 0 aliphatic heterocycles. The van der Waals surface area contributed by atoms with Crippen LogP contribution in [-0.2, 0) is 0 Å². The Morgan fingerprint density at radius 3 is 1.98 bits per heavy atom. The van der Waals surface area contributed by atoms with Crippen LogP contribution in [0, 0.1) is 0 Å². The number of anilines is 3. The molecule has 0 bridgehead atoms. The third-order valence-electron chi connectivity index (χ3n) is 8.71. The largest absolute Gasteiger partial charge is 0.456 e. The fourth-order valence-electron chi connectivity index (χ4n) is 6.59. The first-order chi connectivity index (χ1) is 21.8. The van der Waals surface area contributed by atoms with Crippen LogP contribution in [0.25, 0.3) is 65.4 Å². The Morgan fingerprint density at radius 2 is 1.09 bits per heavy atom. The van der Waals surface area contributed by atoms with Crippen LogP contribution in [0.3, 0.4) is 0 Å². The standard InChI is InChI=1S/C41H26N2O/c1-2-6-27(7-3-1)28-14-16-32(17-15-28)43(34-19-21-39-37(25-34)38-26-42-23-22-40(38)44-39)33-18-20-36-31(24-33)13-12-30-11-10-29-8-4-5-9-35(29)41(30)36/h1-26H. The van der Waals surface area contributed by atoms with Crippen molar-refractivity contribution in [2.75, 3.05) is 4.90 Å². The zero-order valence-electron chi connectivity index (χ0n) is 23.8. The first-order valence-corrected chi connectivity index (χ1v) is 14.9. The van der Waals surface area contributed by atoms with Crippen LogP contribution in [-0.4, -0.2) is 4.98 Å². The molecule has 9 aromatic rings. The summed E-state index contributed by atoms with van der Waals surface area (Å²) in [6, 6.07) is 52.1. The summed E-state index contributed by atoms with van der Waals surface area (Å²) in [7, 11) is 0. The van der Waals surface area contributed by atoms with Gasteiger partial charge in [0.25, 0.3) is 0 Å². The number of hydrogen-bond acceptors (Lipinski definition) is 3. The van der Waals surface area contributed by atoms with Crippen LogP contribution in [0.1, 0.15) is 0 Å². The van der Waals surface area contributed by atoms with Crippen molar-refractivity contribution >= 4 is 71.3 Å². The number of furan rings is 1. The fraction of sp³-hybridized carbons (Fsp3) is 0. The van der Waals surface area contributed by atoms with E-state index in [0.717, 1.165) is 39.0 Å². The van der Waals surface area contributed by atoms with E-state index >= 15 is 0 Å². The number of nitrogens with zero attached hydrogens (tertiary/aromatic N) is 2. The summed E-state index contributed by atoms with van der Waals surface area (Å²) >= 11 is 0. The first kappa shape index (κ1) is 24.6. The van der Waals surface area contributed by atoms with Gasteiger partial charge in [-0.3, -0.25) is 4.98 Å². The molecule has 0 saturated carbocycles. The second-order valence-electron chi connectivity index (χ2n) is 11.3. The lowest BCUT2D eigenvalue weighted by atomic mass is 9.96. The van der Waals surface area contributed by atoms with Gasteiger partial charge in [-0.2, -0.15) is 0 Å². The predicted molar refractivity (Wildman–Crippen MR) is 184 cm³/mol. The van der Waals surface area contributed by atoms with Gasteiger partial charge in [0.2, 0.25) is 0 Å². The Hall–Kier alpha value is -5.93. The zero-order chi connectivity index (χ0) is 29.0. The summed E-state index contributed by atoms with van der Waals surface area (Å²) in [4.78, 5) is 6.70. The van der Waals surface area contributed by atoms with Crippen LogP contribution in [0.4, 0.5) is 17.1 Å². The van der Waals surface area contributed by atoms with Crippen molar-refractivity contribution in [2.45, 2.75) is 0 Å². The van der Waals surface area contributed by atoms with Crippen molar-refractivity contribution in [3.8, 4) is 11.1 Å². The van der Waals surface area contributed by atoms with Gasteiger partial charge in [-0.05, 0) is 92.0 Å². The molecule has 9 rings (SSSR count). The predicted octanol–water partition coefficient (Wildman–Crippen LogP) is 11.6. The van der Waals surface area contributed by atoms with Crippen molar-refractivity contribution < 1.29 is 4.42 Å². The highest BCUT2D eigenvalue weighted by Crippen LogP contribution is 2.41. The highest BCUT2D eigenvalue weighted by molar-refractivity contribution is 6.20. The molecular formula is C41H26N2O. The lowest BCUT2D eigenvalue weighted by Gasteiger charge is -2.26. The third-order valence-corrected chi connectivity index (χ3v) is 8.71. The summed E-state index contributed by atoms with van der Waals surface area (Å²) in [5.41, 5.74) is 7.32. The molecule has 0 spiro atoms. The van der Waals surface area contributed by atoms with Gasteiger partial charge < -0.3 is 9.32 Å². The maximum absolute atomic E-state index is 6.14. The van der Waals surface area contributed by atoms with E-state index < -0.39 is 0 Å². The van der Waals surface area contributed by atoms with E-state index in [1.165, 1.54) is 43.4 Å². The molecule has 44 heavy (non-hydrogen) atoms. The van der Waals surface area contributed by atoms with Gasteiger partial charge in [0, 0.05) is 40.2 Å². The normalized spacial score (nSPS) is 11.6.